The van der Waals surface area contributed by atoms with E-state index >= 15 is 0 Å². The van der Waals surface area contributed by atoms with Gasteiger partial charge in [0.2, 0.25) is 0 Å². The summed E-state index contributed by atoms with van der Waals surface area (Å²) < 4.78 is 7.15. The lowest BCUT2D eigenvalue weighted by molar-refractivity contribution is 0.0706. The van der Waals surface area contributed by atoms with Crippen LogP contribution in [0.25, 0.3) is 0 Å². The van der Waals surface area contributed by atoms with Gasteiger partial charge in [-0.2, -0.15) is 5.10 Å². The second kappa shape index (κ2) is 5.71. The van der Waals surface area contributed by atoms with Gasteiger partial charge in [-0.1, -0.05) is 11.6 Å². The summed E-state index contributed by atoms with van der Waals surface area (Å²) in [5.74, 6) is -0.192. The SMILES string of the molecule is CCn1ncc(Cl)c1C(=O)N[C@@H](C)[C@H]1CCCO1. The average molecular weight is 272 g/mol. The molecule has 1 saturated heterocycles. The lowest BCUT2D eigenvalue weighted by atomic mass is 10.1. The van der Waals surface area contributed by atoms with E-state index in [0.717, 1.165) is 19.4 Å². The number of hydrogen-bond donors (Lipinski definition) is 1. The molecule has 1 N–H and O–H groups in total. The van der Waals surface area contributed by atoms with Crippen LogP contribution >= 0.6 is 11.6 Å². The summed E-state index contributed by atoms with van der Waals surface area (Å²) in [5.41, 5.74) is 0.420. The number of carbonyl (C=O) groups excluding carboxylic acids is 1. The molecule has 18 heavy (non-hydrogen) atoms. The van der Waals surface area contributed by atoms with Crippen molar-refractivity contribution in [2.75, 3.05) is 6.61 Å². The van der Waals surface area contributed by atoms with E-state index in [2.05, 4.69) is 10.4 Å². The Labute approximate surface area is 111 Å². The minimum Gasteiger partial charge on any atom is -0.376 e. The van der Waals surface area contributed by atoms with Crippen LogP contribution in [0, 0.1) is 0 Å². The van der Waals surface area contributed by atoms with Crippen LogP contribution in [0.4, 0.5) is 0 Å². The number of nitrogens with one attached hydrogen (secondary N) is 1. The molecule has 1 aromatic rings. The van der Waals surface area contributed by atoms with Crippen LogP contribution in [0.5, 0.6) is 0 Å². The Kier molecular flexibility index (Phi) is 4.24. The van der Waals surface area contributed by atoms with E-state index in [1.807, 2.05) is 13.8 Å². The smallest absolute Gasteiger partial charge is 0.271 e. The molecular weight excluding hydrogens is 254 g/mol. The number of amides is 1. The van der Waals surface area contributed by atoms with Gasteiger partial charge in [-0.05, 0) is 26.7 Å². The van der Waals surface area contributed by atoms with E-state index in [-0.39, 0.29) is 18.1 Å². The van der Waals surface area contributed by atoms with Crippen molar-refractivity contribution in [3.63, 3.8) is 0 Å². The molecule has 1 aliphatic heterocycles. The third-order valence-electron chi connectivity index (χ3n) is 3.19. The highest BCUT2D eigenvalue weighted by molar-refractivity contribution is 6.33. The molecule has 0 aliphatic carbocycles. The van der Waals surface area contributed by atoms with Crippen molar-refractivity contribution in [3.05, 3.63) is 16.9 Å². The van der Waals surface area contributed by atoms with Gasteiger partial charge < -0.3 is 10.1 Å². The quantitative estimate of drug-likeness (QED) is 0.909. The molecule has 0 saturated carbocycles. The van der Waals surface area contributed by atoms with Gasteiger partial charge in [0.05, 0.1) is 23.4 Å². The fourth-order valence-electron chi connectivity index (χ4n) is 2.19. The Morgan fingerprint density at radius 2 is 2.56 bits per heavy atom. The molecule has 0 bridgehead atoms. The van der Waals surface area contributed by atoms with Crippen molar-refractivity contribution in [2.24, 2.45) is 0 Å². The molecule has 5 nitrogen and oxygen atoms in total. The molecule has 0 unspecified atom stereocenters. The van der Waals surface area contributed by atoms with Gasteiger partial charge in [0.25, 0.3) is 5.91 Å². The first kappa shape index (κ1) is 13.4. The number of carbonyl (C=O) groups is 1. The van der Waals surface area contributed by atoms with Crippen molar-refractivity contribution in [1.82, 2.24) is 15.1 Å². The van der Waals surface area contributed by atoms with Crippen molar-refractivity contribution in [1.29, 1.82) is 0 Å². The van der Waals surface area contributed by atoms with Gasteiger partial charge in [-0.15, -0.1) is 0 Å². The Balaban J connectivity index is 2.04. The monoisotopic (exact) mass is 271 g/mol. The van der Waals surface area contributed by atoms with Gasteiger partial charge in [-0.25, -0.2) is 0 Å². The number of rotatable bonds is 4. The number of halogens is 1. The first-order valence-electron chi connectivity index (χ1n) is 6.27. The Hall–Kier alpha value is -1.07. The molecule has 1 aromatic heterocycles. The largest absolute Gasteiger partial charge is 0.376 e. The van der Waals surface area contributed by atoms with Crippen LogP contribution in [-0.2, 0) is 11.3 Å². The molecule has 1 amide bonds. The second-order valence-corrected chi connectivity index (χ2v) is 4.88. The van der Waals surface area contributed by atoms with Gasteiger partial charge in [-0.3, -0.25) is 9.48 Å². The third kappa shape index (κ3) is 2.67. The molecule has 2 atom stereocenters. The van der Waals surface area contributed by atoms with Crippen LogP contribution in [-0.4, -0.2) is 34.4 Å². The standard InChI is InChI=1S/C12H18ClN3O2/c1-3-16-11(9(13)7-14-16)12(17)15-8(2)10-5-4-6-18-10/h7-8,10H,3-6H2,1-2H3,(H,15,17)/t8-,10+/m0/s1. The van der Waals surface area contributed by atoms with E-state index in [1.54, 1.807) is 4.68 Å². The summed E-state index contributed by atoms with van der Waals surface area (Å²) in [4.78, 5) is 12.2. The minimum absolute atomic E-state index is 0.0173. The molecule has 1 fully saturated rings. The molecule has 6 heteroatoms. The van der Waals surface area contributed by atoms with Crippen molar-refractivity contribution < 1.29 is 9.53 Å². The van der Waals surface area contributed by atoms with Crippen molar-refractivity contribution >= 4 is 17.5 Å². The molecule has 0 radical (unpaired) electrons. The van der Waals surface area contributed by atoms with Crippen molar-refractivity contribution in [2.45, 2.75) is 45.4 Å². The zero-order chi connectivity index (χ0) is 13.1. The fraction of sp³-hybridized carbons (Fsp3) is 0.667. The van der Waals surface area contributed by atoms with E-state index in [0.29, 0.717) is 17.3 Å². The molecular formula is C12H18ClN3O2. The van der Waals surface area contributed by atoms with Crippen molar-refractivity contribution in [3.8, 4) is 0 Å². The molecule has 100 valence electrons. The zero-order valence-electron chi connectivity index (χ0n) is 10.6. The first-order valence-corrected chi connectivity index (χ1v) is 6.65. The van der Waals surface area contributed by atoms with Gasteiger partial charge in [0.15, 0.2) is 0 Å². The van der Waals surface area contributed by atoms with Crippen LogP contribution in [0.1, 0.15) is 37.2 Å². The van der Waals surface area contributed by atoms with E-state index < -0.39 is 0 Å². The molecule has 2 rings (SSSR count). The molecule has 0 spiro atoms. The summed E-state index contributed by atoms with van der Waals surface area (Å²) in [5, 5.41) is 7.37. The molecule has 1 aliphatic rings. The van der Waals surface area contributed by atoms with Crippen LogP contribution < -0.4 is 5.32 Å². The Morgan fingerprint density at radius 3 is 3.17 bits per heavy atom. The number of ether oxygens (including phenoxy) is 1. The average Bonchev–Trinajstić information content (AvgIpc) is 2.97. The third-order valence-corrected chi connectivity index (χ3v) is 3.47. The number of aryl methyl sites for hydroxylation is 1. The van der Waals surface area contributed by atoms with Crippen LogP contribution in [0.2, 0.25) is 5.02 Å². The maximum absolute atomic E-state index is 12.2. The van der Waals surface area contributed by atoms with E-state index in [4.69, 9.17) is 16.3 Å². The fourth-order valence-corrected chi connectivity index (χ4v) is 2.42. The van der Waals surface area contributed by atoms with Crippen LogP contribution in [0.15, 0.2) is 6.20 Å². The highest BCUT2D eigenvalue weighted by Crippen LogP contribution is 2.18. The number of aromatic nitrogens is 2. The molecule has 0 aromatic carbocycles. The topological polar surface area (TPSA) is 56.2 Å². The highest BCUT2D eigenvalue weighted by atomic mass is 35.5. The zero-order valence-corrected chi connectivity index (χ0v) is 11.4. The summed E-state index contributed by atoms with van der Waals surface area (Å²) in [6.07, 6.45) is 3.64. The molecule has 2 heterocycles. The summed E-state index contributed by atoms with van der Waals surface area (Å²) in [6, 6.07) is -0.0173. The maximum atomic E-state index is 12.2. The lowest BCUT2D eigenvalue weighted by Gasteiger charge is -2.20. The number of hydrogen-bond acceptors (Lipinski definition) is 3. The van der Waals surface area contributed by atoms with E-state index in [1.165, 1.54) is 6.20 Å². The summed E-state index contributed by atoms with van der Waals surface area (Å²) in [6.45, 7) is 5.26. The van der Waals surface area contributed by atoms with Gasteiger partial charge >= 0.3 is 0 Å². The number of nitrogens with zero attached hydrogens (tertiary/aromatic N) is 2. The van der Waals surface area contributed by atoms with Gasteiger partial charge in [0.1, 0.15) is 5.69 Å². The normalized spacial score (nSPS) is 20.9. The first-order chi connectivity index (χ1) is 8.63. The summed E-state index contributed by atoms with van der Waals surface area (Å²) >= 11 is 5.99. The predicted molar refractivity (Wildman–Crippen MR) is 68.8 cm³/mol. The Morgan fingerprint density at radius 1 is 1.78 bits per heavy atom. The lowest BCUT2D eigenvalue weighted by Crippen LogP contribution is -2.41. The minimum atomic E-state index is -0.192. The van der Waals surface area contributed by atoms with E-state index in [9.17, 15) is 4.79 Å². The predicted octanol–water partition coefficient (Wildman–Crippen LogP) is 1.85. The maximum Gasteiger partial charge on any atom is 0.271 e. The second-order valence-electron chi connectivity index (χ2n) is 4.47. The van der Waals surface area contributed by atoms with Crippen LogP contribution in [0.3, 0.4) is 0 Å². The summed E-state index contributed by atoms with van der Waals surface area (Å²) in [7, 11) is 0. The Bertz CT molecular complexity index is 427. The van der Waals surface area contributed by atoms with Gasteiger partial charge in [0, 0.05) is 13.2 Å². The highest BCUT2D eigenvalue weighted by Gasteiger charge is 2.26.